The third-order valence-electron chi connectivity index (χ3n) is 5.92. The highest BCUT2D eigenvalue weighted by molar-refractivity contribution is 7.89. The van der Waals surface area contributed by atoms with Crippen LogP contribution in [0.2, 0.25) is 0 Å². The number of hydrogen-bond donors (Lipinski definition) is 1. The number of sulfonamides is 1. The van der Waals surface area contributed by atoms with E-state index in [0.29, 0.717) is 24.6 Å². The molecule has 0 spiro atoms. The van der Waals surface area contributed by atoms with Crippen molar-refractivity contribution in [3.8, 4) is 11.5 Å². The van der Waals surface area contributed by atoms with Crippen molar-refractivity contribution in [2.75, 3.05) is 40.4 Å². The second-order valence-corrected chi connectivity index (χ2v) is 9.85. The minimum atomic E-state index is -3.71. The highest BCUT2D eigenvalue weighted by Crippen LogP contribution is 2.31. The Balaban J connectivity index is 1.60. The summed E-state index contributed by atoms with van der Waals surface area (Å²) in [6.45, 7) is 5.01. The molecule has 1 aliphatic rings. The van der Waals surface area contributed by atoms with Crippen LogP contribution in [0.4, 0.5) is 4.39 Å². The van der Waals surface area contributed by atoms with Crippen LogP contribution in [-0.4, -0.2) is 70.0 Å². The molecular weight excluding hydrogens is 449 g/mol. The number of carbonyl (C=O) groups is 1. The van der Waals surface area contributed by atoms with Crippen molar-refractivity contribution in [2.45, 2.75) is 30.8 Å². The number of benzene rings is 2. The molecule has 2 atom stereocenters. The molecule has 0 bridgehead atoms. The molecule has 0 radical (unpaired) electrons. The van der Waals surface area contributed by atoms with Crippen LogP contribution < -0.4 is 14.8 Å². The molecule has 0 saturated carbocycles. The van der Waals surface area contributed by atoms with E-state index in [-0.39, 0.29) is 35.8 Å². The van der Waals surface area contributed by atoms with E-state index in [1.54, 1.807) is 25.1 Å². The first-order valence-corrected chi connectivity index (χ1v) is 12.1. The maximum atomic E-state index is 13.1. The second-order valence-electron chi connectivity index (χ2n) is 7.91. The smallest absolute Gasteiger partial charge is 0.243 e. The maximum Gasteiger partial charge on any atom is 0.243 e. The summed E-state index contributed by atoms with van der Waals surface area (Å²) in [5.41, 5.74) is 0.808. The van der Waals surface area contributed by atoms with Crippen LogP contribution in [0.3, 0.4) is 0 Å². The van der Waals surface area contributed by atoms with E-state index < -0.39 is 16.1 Å². The van der Waals surface area contributed by atoms with Gasteiger partial charge < -0.3 is 14.8 Å². The van der Waals surface area contributed by atoms with E-state index in [4.69, 9.17) is 9.47 Å². The van der Waals surface area contributed by atoms with Crippen LogP contribution in [0, 0.1) is 5.82 Å². The largest absolute Gasteiger partial charge is 0.493 e. The monoisotopic (exact) mass is 479 g/mol. The standard InChI is InChI=1S/C23H30FN3O5S/c1-16(18-5-7-19(24)8-6-18)25-23(28)17(2)26-11-13-27(14-12-26)33(29,30)20-9-10-21(31-3)22(15-20)32-4/h5-10,15-17H,11-14H2,1-4H3,(H,25,28)/t16-,17+/m0/s1. The van der Waals surface area contributed by atoms with Crippen molar-refractivity contribution in [1.29, 1.82) is 0 Å². The van der Waals surface area contributed by atoms with Crippen molar-refractivity contribution in [3.63, 3.8) is 0 Å². The highest BCUT2D eigenvalue weighted by Gasteiger charge is 2.32. The van der Waals surface area contributed by atoms with Crippen LogP contribution in [0.25, 0.3) is 0 Å². The van der Waals surface area contributed by atoms with E-state index >= 15 is 0 Å². The lowest BCUT2D eigenvalue weighted by atomic mass is 10.1. The number of halogens is 1. The quantitative estimate of drug-likeness (QED) is 0.626. The summed E-state index contributed by atoms with van der Waals surface area (Å²) in [6, 6.07) is 9.82. The lowest BCUT2D eigenvalue weighted by Gasteiger charge is -2.37. The Kier molecular flexibility index (Phi) is 7.93. The average molecular weight is 480 g/mol. The van der Waals surface area contributed by atoms with Gasteiger partial charge >= 0.3 is 0 Å². The molecular formula is C23H30FN3O5S. The summed E-state index contributed by atoms with van der Waals surface area (Å²) in [4.78, 5) is 14.8. The van der Waals surface area contributed by atoms with Gasteiger partial charge in [-0.05, 0) is 43.7 Å². The molecule has 33 heavy (non-hydrogen) atoms. The Labute approximate surface area is 194 Å². The van der Waals surface area contributed by atoms with E-state index in [1.807, 2.05) is 11.8 Å². The fourth-order valence-electron chi connectivity index (χ4n) is 3.79. The maximum absolute atomic E-state index is 13.1. The number of ether oxygens (including phenoxy) is 2. The Morgan fingerprint density at radius 3 is 2.15 bits per heavy atom. The van der Waals surface area contributed by atoms with Crippen molar-refractivity contribution in [2.24, 2.45) is 0 Å². The molecule has 1 heterocycles. The number of amides is 1. The fraction of sp³-hybridized carbons (Fsp3) is 0.435. The van der Waals surface area contributed by atoms with Gasteiger partial charge in [0.25, 0.3) is 0 Å². The molecule has 0 aliphatic carbocycles. The molecule has 1 amide bonds. The third kappa shape index (κ3) is 5.63. The lowest BCUT2D eigenvalue weighted by molar-refractivity contribution is -0.127. The number of piperazine rings is 1. The lowest BCUT2D eigenvalue weighted by Crippen LogP contribution is -2.55. The summed E-state index contributed by atoms with van der Waals surface area (Å²) >= 11 is 0. The minimum Gasteiger partial charge on any atom is -0.493 e. The van der Waals surface area contributed by atoms with E-state index in [2.05, 4.69) is 5.32 Å². The molecule has 2 aromatic rings. The van der Waals surface area contributed by atoms with Crippen molar-refractivity contribution >= 4 is 15.9 Å². The SMILES string of the molecule is COc1ccc(S(=O)(=O)N2CCN([C@H](C)C(=O)N[C@@H](C)c3ccc(F)cc3)CC2)cc1OC. The predicted molar refractivity (Wildman–Crippen MR) is 122 cm³/mol. The van der Waals surface area contributed by atoms with Crippen molar-refractivity contribution < 1.29 is 27.1 Å². The molecule has 0 aromatic heterocycles. The van der Waals surface area contributed by atoms with Crippen molar-refractivity contribution in [3.05, 3.63) is 53.8 Å². The molecule has 2 aromatic carbocycles. The Bertz CT molecular complexity index is 1070. The molecule has 1 N–H and O–H groups in total. The Morgan fingerprint density at radius 2 is 1.58 bits per heavy atom. The summed E-state index contributed by atoms with van der Waals surface area (Å²) in [5.74, 6) is 0.309. The molecule has 3 rings (SSSR count). The molecule has 180 valence electrons. The number of nitrogens with zero attached hydrogens (tertiary/aromatic N) is 2. The minimum absolute atomic E-state index is 0.132. The molecule has 1 aliphatic heterocycles. The molecule has 1 fully saturated rings. The normalized spacial score (nSPS) is 17.2. The van der Waals surface area contributed by atoms with Gasteiger partial charge in [-0.3, -0.25) is 9.69 Å². The number of nitrogens with one attached hydrogen (secondary N) is 1. The number of methoxy groups -OCH3 is 2. The van der Waals surface area contributed by atoms with E-state index in [1.165, 1.54) is 42.8 Å². The molecule has 8 nitrogen and oxygen atoms in total. The number of hydrogen-bond acceptors (Lipinski definition) is 6. The Hall–Kier alpha value is -2.69. The fourth-order valence-corrected chi connectivity index (χ4v) is 5.23. The first-order valence-electron chi connectivity index (χ1n) is 10.7. The predicted octanol–water partition coefficient (Wildman–Crippen LogP) is 2.42. The zero-order valence-electron chi connectivity index (χ0n) is 19.2. The van der Waals surface area contributed by atoms with Crippen molar-refractivity contribution in [1.82, 2.24) is 14.5 Å². The summed E-state index contributed by atoms with van der Waals surface area (Å²) in [5, 5.41) is 2.94. The highest BCUT2D eigenvalue weighted by atomic mass is 32.2. The van der Waals surface area contributed by atoms with Crippen LogP contribution in [0.1, 0.15) is 25.5 Å². The zero-order chi connectivity index (χ0) is 24.2. The van der Waals surface area contributed by atoms with Gasteiger partial charge in [0.05, 0.1) is 31.2 Å². The van der Waals surface area contributed by atoms with Gasteiger partial charge in [0.1, 0.15) is 5.82 Å². The van der Waals surface area contributed by atoms with E-state index in [0.717, 1.165) is 5.56 Å². The van der Waals surface area contributed by atoms with Gasteiger partial charge in [-0.15, -0.1) is 0 Å². The average Bonchev–Trinajstić information content (AvgIpc) is 2.83. The van der Waals surface area contributed by atoms with Crippen LogP contribution >= 0.6 is 0 Å². The summed E-state index contributed by atoms with van der Waals surface area (Å²) in [6.07, 6.45) is 0. The van der Waals surface area contributed by atoms with Crippen LogP contribution in [0.5, 0.6) is 11.5 Å². The van der Waals surface area contributed by atoms with Crippen LogP contribution in [-0.2, 0) is 14.8 Å². The second kappa shape index (κ2) is 10.5. The molecule has 0 unspecified atom stereocenters. The topological polar surface area (TPSA) is 88.2 Å². The molecule has 1 saturated heterocycles. The van der Waals surface area contributed by atoms with Gasteiger partial charge in [-0.25, -0.2) is 12.8 Å². The van der Waals surface area contributed by atoms with Crippen LogP contribution in [0.15, 0.2) is 47.4 Å². The molecule has 10 heteroatoms. The first kappa shape index (κ1) is 24.9. The van der Waals surface area contributed by atoms with Gasteiger partial charge in [0.15, 0.2) is 11.5 Å². The third-order valence-corrected chi connectivity index (χ3v) is 7.82. The first-order chi connectivity index (χ1) is 15.7. The zero-order valence-corrected chi connectivity index (χ0v) is 20.1. The summed E-state index contributed by atoms with van der Waals surface area (Å²) < 4.78 is 51.1. The number of rotatable bonds is 8. The van der Waals surface area contributed by atoms with Gasteiger partial charge in [-0.1, -0.05) is 12.1 Å². The van der Waals surface area contributed by atoms with Gasteiger partial charge in [-0.2, -0.15) is 4.31 Å². The Morgan fingerprint density at radius 1 is 0.970 bits per heavy atom. The summed E-state index contributed by atoms with van der Waals surface area (Å²) in [7, 11) is -0.764. The van der Waals surface area contributed by atoms with Gasteiger partial charge in [0, 0.05) is 32.2 Å². The number of carbonyl (C=O) groups excluding carboxylic acids is 1. The van der Waals surface area contributed by atoms with E-state index in [9.17, 15) is 17.6 Å². The van der Waals surface area contributed by atoms with Gasteiger partial charge in [0.2, 0.25) is 15.9 Å².